The molecule has 7 heteroatoms. The minimum absolute atomic E-state index is 0.186. The number of aryl methyl sites for hydroxylation is 1. The van der Waals surface area contributed by atoms with Crippen LogP contribution < -0.4 is 0 Å². The smallest absolute Gasteiger partial charge is 0.233 e. The van der Waals surface area contributed by atoms with Gasteiger partial charge in [0, 0.05) is 23.7 Å². The predicted molar refractivity (Wildman–Crippen MR) is 119 cm³/mol. The first-order chi connectivity index (χ1) is 14.2. The molecule has 0 atom stereocenters. The molecule has 4 rings (SSSR count). The predicted octanol–water partition coefficient (Wildman–Crippen LogP) is 4.58. The van der Waals surface area contributed by atoms with Crippen molar-refractivity contribution in [2.45, 2.75) is 35.6 Å². The second-order valence-corrected chi connectivity index (χ2v) is 9.04. The average Bonchev–Trinajstić information content (AvgIpc) is 3.42. The summed E-state index contributed by atoms with van der Waals surface area (Å²) in [6.07, 6.45) is 2.22. The quantitative estimate of drug-likeness (QED) is 0.520. The molecule has 0 unspecified atom stereocenters. The van der Waals surface area contributed by atoms with Crippen molar-refractivity contribution in [3.63, 3.8) is 0 Å². The molecule has 0 radical (unpaired) electrons. The number of amides is 1. The second-order valence-electron chi connectivity index (χ2n) is 7.05. The molecule has 1 aliphatic heterocycles. The topological polar surface area (TPSA) is 51.0 Å². The van der Waals surface area contributed by atoms with E-state index in [0.717, 1.165) is 42.6 Å². The van der Waals surface area contributed by atoms with Crippen LogP contribution in [0.4, 0.5) is 0 Å². The van der Waals surface area contributed by atoms with Crippen LogP contribution >= 0.6 is 23.5 Å². The van der Waals surface area contributed by atoms with E-state index in [4.69, 9.17) is 0 Å². The number of hydrogen-bond acceptors (Lipinski definition) is 5. The highest BCUT2D eigenvalue weighted by Gasteiger charge is 2.20. The van der Waals surface area contributed by atoms with Gasteiger partial charge >= 0.3 is 0 Å². The summed E-state index contributed by atoms with van der Waals surface area (Å²) >= 11 is 3.21. The van der Waals surface area contributed by atoms with E-state index in [1.165, 1.54) is 22.2 Å². The molecule has 1 fully saturated rings. The van der Waals surface area contributed by atoms with E-state index in [-0.39, 0.29) is 5.91 Å². The Morgan fingerprint density at radius 3 is 2.41 bits per heavy atom. The molecule has 150 valence electrons. The number of benzene rings is 2. The third kappa shape index (κ3) is 5.03. The molecule has 0 N–H and O–H groups in total. The lowest BCUT2D eigenvalue weighted by Gasteiger charge is -2.15. The van der Waals surface area contributed by atoms with E-state index in [0.29, 0.717) is 11.5 Å². The Bertz CT molecular complexity index is 951. The first kappa shape index (κ1) is 20.0. The van der Waals surface area contributed by atoms with Gasteiger partial charge in [0.1, 0.15) is 5.82 Å². The van der Waals surface area contributed by atoms with Crippen LogP contribution in [0.15, 0.2) is 64.6 Å². The highest BCUT2D eigenvalue weighted by molar-refractivity contribution is 7.99. The Balaban J connectivity index is 1.51. The number of thioether (sulfide) groups is 2. The summed E-state index contributed by atoms with van der Waals surface area (Å²) in [5.74, 6) is 2.19. The van der Waals surface area contributed by atoms with E-state index in [9.17, 15) is 4.79 Å². The minimum Gasteiger partial charge on any atom is -0.342 e. The maximum atomic E-state index is 12.5. The zero-order valence-electron chi connectivity index (χ0n) is 16.5. The molecule has 1 aliphatic rings. The molecule has 1 aromatic heterocycles. The number of aromatic nitrogens is 3. The summed E-state index contributed by atoms with van der Waals surface area (Å²) in [4.78, 5) is 15.6. The Hall–Kier alpha value is -2.25. The normalized spacial score (nSPS) is 13.8. The van der Waals surface area contributed by atoms with Crippen molar-refractivity contribution in [3.05, 3.63) is 66.0 Å². The summed E-state index contributed by atoms with van der Waals surface area (Å²) in [5.41, 5.74) is 2.27. The van der Waals surface area contributed by atoms with Gasteiger partial charge in [-0.3, -0.25) is 9.36 Å². The number of carbonyl (C=O) groups excluding carboxylic acids is 1. The second kappa shape index (κ2) is 9.50. The van der Waals surface area contributed by atoms with Crippen molar-refractivity contribution in [2.75, 3.05) is 18.8 Å². The highest BCUT2D eigenvalue weighted by Crippen LogP contribution is 2.28. The van der Waals surface area contributed by atoms with E-state index in [1.54, 1.807) is 11.8 Å². The standard InChI is InChI=1S/C22H24N4OS2/c1-17-9-11-19(12-10-17)28-15-20-23-24-22(26(20)18-7-3-2-4-8-18)29-16-21(27)25-13-5-6-14-25/h2-4,7-12H,5-6,13-16H2,1H3. The van der Waals surface area contributed by atoms with Crippen molar-refractivity contribution in [3.8, 4) is 5.69 Å². The lowest BCUT2D eigenvalue weighted by molar-refractivity contribution is -0.127. The van der Waals surface area contributed by atoms with Crippen LogP contribution in [-0.2, 0) is 10.5 Å². The summed E-state index contributed by atoms with van der Waals surface area (Å²) in [6.45, 7) is 3.85. The zero-order chi connectivity index (χ0) is 20.1. The molecule has 1 amide bonds. The van der Waals surface area contributed by atoms with Crippen molar-refractivity contribution in [1.82, 2.24) is 19.7 Å². The number of likely N-dealkylation sites (tertiary alicyclic amines) is 1. The minimum atomic E-state index is 0.186. The van der Waals surface area contributed by atoms with Gasteiger partial charge in [-0.15, -0.1) is 22.0 Å². The van der Waals surface area contributed by atoms with Crippen molar-refractivity contribution in [1.29, 1.82) is 0 Å². The number of hydrogen-bond donors (Lipinski definition) is 0. The van der Waals surface area contributed by atoms with Crippen LogP contribution in [0.1, 0.15) is 24.2 Å². The summed E-state index contributed by atoms with van der Waals surface area (Å²) in [6, 6.07) is 18.6. The SMILES string of the molecule is Cc1ccc(SCc2nnc(SCC(=O)N3CCCC3)n2-c2ccccc2)cc1. The molecule has 5 nitrogen and oxygen atoms in total. The maximum absolute atomic E-state index is 12.5. The van der Waals surface area contributed by atoms with Gasteiger partial charge in [0.15, 0.2) is 5.16 Å². The average molecular weight is 425 g/mol. The third-order valence-electron chi connectivity index (χ3n) is 4.89. The van der Waals surface area contributed by atoms with Gasteiger partial charge < -0.3 is 4.90 Å². The molecule has 3 aromatic rings. The van der Waals surface area contributed by atoms with Crippen LogP contribution in [0.3, 0.4) is 0 Å². The fourth-order valence-corrected chi connectivity index (χ4v) is 4.97. The van der Waals surface area contributed by atoms with Crippen LogP contribution in [-0.4, -0.2) is 44.4 Å². The van der Waals surface area contributed by atoms with Gasteiger partial charge in [-0.1, -0.05) is 47.7 Å². The lowest BCUT2D eigenvalue weighted by atomic mass is 10.2. The van der Waals surface area contributed by atoms with Crippen molar-refractivity contribution >= 4 is 29.4 Å². The van der Waals surface area contributed by atoms with E-state index in [1.807, 2.05) is 23.1 Å². The van der Waals surface area contributed by atoms with Crippen LogP contribution in [0.5, 0.6) is 0 Å². The molecule has 0 spiro atoms. The van der Waals surface area contributed by atoms with Crippen LogP contribution in [0.25, 0.3) is 5.69 Å². The van der Waals surface area contributed by atoms with E-state index < -0.39 is 0 Å². The van der Waals surface area contributed by atoms with Crippen molar-refractivity contribution in [2.24, 2.45) is 0 Å². The Morgan fingerprint density at radius 2 is 1.69 bits per heavy atom. The van der Waals surface area contributed by atoms with E-state index >= 15 is 0 Å². The monoisotopic (exact) mass is 424 g/mol. The van der Waals surface area contributed by atoms with Gasteiger partial charge in [-0.05, 0) is 44.0 Å². The molecule has 2 heterocycles. The van der Waals surface area contributed by atoms with Crippen molar-refractivity contribution < 1.29 is 4.79 Å². The van der Waals surface area contributed by atoms with E-state index in [2.05, 4.69) is 58.1 Å². The molecular formula is C22H24N4OS2. The molecule has 29 heavy (non-hydrogen) atoms. The molecule has 2 aromatic carbocycles. The maximum Gasteiger partial charge on any atom is 0.233 e. The molecule has 1 saturated heterocycles. The van der Waals surface area contributed by atoms with Crippen LogP contribution in [0, 0.1) is 6.92 Å². The Kier molecular flexibility index (Phi) is 6.56. The highest BCUT2D eigenvalue weighted by atomic mass is 32.2. The zero-order valence-corrected chi connectivity index (χ0v) is 18.1. The summed E-state index contributed by atoms with van der Waals surface area (Å²) in [5, 5.41) is 9.62. The molecule has 0 bridgehead atoms. The summed E-state index contributed by atoms with van der Waals surface area (Å²) < 4.78 is 2.07. The van der Waals surface area contributed by atoms with Gasteiger partial charge in [0.05, 0.1) is 11.5 Å². The van der Waals surface area contributed by atoms with Gasteiger partial charge in [-0.25, -0.2) is 0 Å². The fourth-order valence-electron chi connectivity index (χ4n) is 3.29. The van der Waals surface area contributed by atoms with Gasteiger partial charge in [0.2, 0.25) is 5.91 Å². The molecule has 0 saturated carbocycles. The summed E-state index contributed by atoms with van der Waals surface area (Å²) in [7, 11) is 0. The first-order valence-electron chi connectivity index (χ1n) is 9.80. The number of rotatable bonds is 7. The van der Waals surface area contributed by atoms with Gasteiger partial charge in [0.25, 0.3) is 0 Å². The van der Waals surface area contributed by atoms with Gasteiger partial charge in [-0.2, -0.15) is 0 Å². The largest absolute Gasteiger partial charge is 0.342 e. The number of nitrogens with zero attached hydrogens (tertiary/aromatic N) is 4. The molecular weight excluding hydrogens is 400 g/mol. The number of carbonyl (C=O) groups is 1. The number of para-hydroxylation sites is 1. The first-order valence-corrected chi connectivity index (χ1v) is 11.8. The Labute approximate surface area is 179 Å². The van der Waals surface area contributed by atoms with Crippen LogP contribution in [0.2, 0.25) is 0 Å². The third-order valence-corrected chi connectivity index (χ3v) is 6.81. The Morgan fingerprint density at radius 1 is 0.966 bits per heavy atom. The molecule has 0 aliphatic carbocycles. The lowest BCUT2D eigenvalue weighted by Crippen LogP contribution is -2.29. The fraction of sp³-hybridized carbons (Fsp3) is 0.318.